The van der Waals surface area contributed by atoms with Crippen LogP contribution >= 0.6 is 11.6 Å². The molecule has 0 fully saturated rings. The van der Waals surface area contributed by atoms with Crippen molar-refractivity contribution >= 4 is 33.9 Å². The van der Waals surface area contributed by atoms with Gasteiger partial charge in [0.25, 0.3) is 0 Å². The number of nitrogens with one attached hydrogen (secondary N) is 1. The lowest BCUT2D eigenvalue weighted by atomic mass is 10.2. The van der Waals surface area contributed by atoms with Crippen LogP contribution in [0.3, 0.4) is 0 Å². The molecule has 0 unspecified atom stereocenters. The monoisotopic (exact) mass is 332 g/mol. The van der Waals surface area contributed by atoms with Crippen molar-refractivity contribution in [3.8, 4) is 0 Å². The van der Waals surface area contributed by atoms with Crippen molar-refractivity contribution in [2.45, 2.75) is 6.54 Å². The summed E-state index contributed by atoms with van der Waals surface area (Å²) in [5.41, 5.74) is 4.61. The van der Waals surface area contributed by atoms with Gasteiger partial charge < -0.3 is 9.88 Å². The summed E-state index contributed by atoms with van der Waals surface area (Å²) in [6.07, 6.45) is 2.14. The average Bonchev–Trinajstić information content (AvgIpc) is 3.02. The first-order valence-corrected chi connectivity index (χ1v) is 8.32. The predicted molar refractivity (Wildman–Crippen MR) is 102 cm³/mol. The van der Waals surface area contributed by atoms with Crippen molar-refractivity contribution < 1.29 is 0 Å². The third-order valence-electron chi connectivity index (χ3n) is 4.11. The molecule has 0 atom stereocenters. The zero-order valence-corrected chi connectivity index (χ0v) is 13.9. The van der Waals surface area contributed by atoms with Crippen molar-refractivity contribution in [3.05, 3.63) is 95.6 Å². The topological polar surface area (TPSA) is 17.0 Å². The van der Waals surface area contributed by atoms with Gasteiger partial charge in [0.2, 0.25) is 0 Å². The first-order valence-electron chi connectivity index (χ1n) is 7.94. The van der Waals surface area contributed by atoms with E-state index >= 15 is 0 Å². The maximum atomic E-state index is 5.98. The number of para-hydroxylation sites is 1. The predicted octanol–water partition coefficient (Wildman–Crippen LogP) is 6.09. The molecule has 3 aromatic carbocycles. The third kappa shape index (κ3) is 3.01. The fourth-order valence-electron chi connectivity index (χ4n) is 2.96. The van der Waals surface area contributed by atoms with Crippen LogP contribution in [0.1, 0.15) is 5.56 Å². The van der Waals surface area contributed by atoms with E-state index in [2.05, 4.69) is 64.6 Å². The van der Waals surface area contributed by atoms with Crippen molar-refractivity contribution in [3.63, 3.8) is 0 Å². The van der Waals surface area contributed by atoms with Gasteiger partial charge in [0.15, 0.2) is 0 Å². The van der Waals surface area contributed by atoms with Gasteiger partial charge in [-0.3, -0.25) is 0 Å². The molecule has 24 heavy (non-hydrogen) atoms. The van der Waals surface area contributed by atoms with Crippen molar-refractivity contribution in [1.82, 2.24) is 4.57 Å². The summed E-state index contributed by atoms with van der Waals surface area (Å²) in [5.74, 6) is 0. The smallest absolute Gasteiger partial charge is 0.0722 e. The summed E-state index contributed by atoms with van der Waals surface area (Å²) >= 11 is 5.98. The van der Waals surface area contributed by atoms with Gasteiger partial charge in [-0.1, -0.05) is 54.1 Å². The molecule has 0 amide bonds. The van der Waals surface area contributed by atoms with E-state index in [1.165, 1.54) is 16.5 Å². The van der Waals surface area contributed by atoms with Gasteiger partial charge in [0.05, 0.1) is 11.2 Å². The van der Waals surface area contributed by atoms with E-state index in [4.69, 9.17) is 11.6 Å². The molecule has 2 nitrogen and oxygen atoms in total. The number of hydrogen-bond acceptors (Lipinski definition) is 1. The normalized spacial score (nSPS) is 10.9. The number of hydrogen-bond donors (Lipinski definition) is 1. The summed E-state index contributed by atoms with van der Waals surface area (Å²) in [5, 5.41) is 5.48. The standard InChI is InChI=1S/C21H17ClN2/c22-18-9-11-19(12-10-18)23-20-8-4-7-17-13-14-24(21(17)20)15-16-5-2-1-3-6-16/h1-14,23H,15H2. The van der Waals surface area contributed by atoms with Gasteiger partial charge in [0, 0.05) is 28.8 Å². The highest BCUT2D eigenvalue weighted by molar-refractivity contribution is 6.30. The summed E-state index contributed by atoms with van der Waals surface area (Å²) in [6, 6.07) is 26.8. The number of aromatic nitrogens is 1. The molecule has 0 aliphatic rings. The van der Waals surface area contributed by atoms with Gasteiger partial charge in [-0.25, -0.2) is 0 Å². The number of rotatable bonds is 4. The van der Waals surface area contributed by atoms with Crippen LogP contribution in [0.2, 0.25) is 5.02 Å². The van der Waals surface area contributed by atoms with E-state index < -0.39 is 0 Å². The summed E-state index contributed by atoms with van der Waals surface area (Å²) < 4.78 is 2.28. The van der Waals surface area contributed by atoms with E-state index in [0.717, 1.165) is 22.9 Å². The fraction of sp³-hybridized carbons (Fsp3) is 0.0476. The van der Waals surface area contributed by atoms with Crippen LogP contribution < -0.4 is 5.32 Å². The minimum atomic E-state index is 0.742. The molecule has 0 spiro atoms. The van der Waals surface area contributed by atoms with Crippen molar-refractivity contribution in [2.24, 2.45) is 0 Å². The minimum absolute atomic E-state index is 0.742. The molecule has 4 aromatic rings. The van der Waals surface area contributed by atoms with E-state index in [-0.39, 0.29) is 0 Å². The second-order valence-electron chi connectivity index (χ2n) is 5.80. The van der Waals surface area contributed by atoms with Crippen LogP contribution in [0.15, 0.2) is 85.1 Å². The Morgan fingerprint density at radius 2 is 1.58 bits per heavy atom. The number of nitrogens with zero attached hydrogens (tertiary/aromatic N) is 1. The largest absolute Gasteiger partial charge is 0.354 e. The number of fused-ring (bicyclic) bond motifs is 1. The molecule has 0 saturated carbocycles. The van der Waals surface area contributed by atoms with Crippen LogP contribution in [-0.2, 0) is 6.54 Å². The third-order valence-corrected chi connectivity index (χ3v) is 4.36. The van der Waals surface area contributed by atoms with E-state index in [1.807, 2.05) is 30.3 Å². The van der Waals surface area contributed by atoms with Gasteiger partial charge in [-0.15, -0.1) is 0 Å². The lowest BCUT2D eigenvalue weighted by molar-refractivity contribution is 0.837. The molecular formula is C21H17ClN2. The lowest BCUT2D eigenvalue weighted by Gasteiger charge is -2.12. The highest BCUT2D eigenvalue weighted by Gasteiger charge is 2.07. The van der Waals surface area contributed by atoms with Crippen LogP contribution in [-0.4, -0.2) is 4.57 Å². The zero-order chi connectivity index (χ0) is 16.4. The average molecular weight is 333 g/mol. The van der Waals surface area contributed by atoms with Crippen LogP contribution in [0.4, 0.5) is 11.4 Å². The Kier molecular flexibility index (Phi) is 3.97. The molecule has 1 aromatic heterocycles. The summed E-state index contributed by atoms with van der Waals surface area (Å²) in [4.78, 5) is 0. The SMILES string of the molecule is Clc1ccc(Nc2cccc3ccn(Cc4ccccc4)c23)cc1. The minimum Gasteiger partial charge on any atom is -0.354 e. The molecule has 0 saturated heterocycles. The maximum absolute atomic E-state index is 5.98. The summed E-state index contributed by atoms with van der Waals surface area (Å²) in [7, 11) is 0. The maximum Gasteiger partial charge on any atom is 0.0722 e. The van der Waals surface area contributed by atoms with Crippen molar-refractivity contribution in [2.75, 3.05) is 5.32 Å². The zero-order valence-electron chi connectivity index (χ0n) is 13.1. The van der Waals surface area contributed by atoms with Gasteiger partial charge >= 0.3 is 0 Å². The fourth-order valence-corrected chi connectivity index (χ4v) is 3.09. The summed E-state index contributed by atoms with van der Waals surface area (Å²) in [6.45, 7) is 0.851. The number of benzene rings is 3. The Morgan fingerprint density at radius 1 is 0.792 bits per heavy atom. The lowest BCUT2D eigenvalue weighted by Crippen LogP contribution is -2.00. The first-order chi connectivity index (χ1) is 11.8. The molecule has 0 aliphatic heterocycles. The molecule has 0 radical (unpaired) electrons. The second kappa shape index (κ2) is 6.42. The molecule has 3 heteroatoms. The highest BCUT2D eigenvalue weighted by atomic mass is 35.5. The quantitative estimate of drug-likeness (QED) is 0.478. The van der Waals surface area contributed by atoms with Crippen LogP contribution in [0, 0.1) is 0 Å². The van der Waals surface area contributed by atoms with Crippen LogP contribution in [0.25, 0.3) is 10.9 Å². The molecule has 4 rings (SSSR count). The van der Waals surface area contributed by atoms with Crippen LogP contribution in [0.5, 0.6) is 0 Å². The molecule has 1 N–H and O–H groups in total. The van der Waals surface area contributed by atoms with E-state index in [1.54, 1.807) is 0 Å². The van der Waals surface area contributed by atoms with Gasteiger partial charge in [0.1, 0.15) is 0 Å². The molecule has 0 bridgehead atoms. The Bertz CT molecular complexity index is 956. The van der Waals surface area contributed by atoms with E-state index in [9.17, 15) is 0 Å². The molecular weight excluding hydrogens is 316 g/mol. The first kappa shape index (κ1) is 14.9. The second-order valence-corrected chi connectivity index (χ2v) is 6.24. The Morgan fingerprint density at radius 3 is 2.38 bits per heavy atom. The molecule has 1 heterocycles. The van der Waals surface area contributed by atoms with Gasteiger partial charge in [-0.05, 0) is 42.0 Å². The Labute approximate surface area is 146 Å². The van der Waals surface area contributed by atoms with Crippen molar-refractivity contribution in [1.29, 1.82) is 0 Å². The Hall–Kier alpha value is -2.71. The number of halogens is 1. The number of anilines is 2. The van der Waals surface area contributed by atoms with E-state index in [0.29, 0.717) is 0 Å². The Balaban J connectivity index is 1.73. The highest BCUT2D eigenvalue weighted by Crippen LogP contribution is 2.28. The molecule has 0 aliphatic carbocycles. The van der Waals surface area contributed by atoms with Gasteiger partial charge in [-0.2, -0.15) is 0 Å². The molecule has 118 valence electrons.